The molecular formula is C15H17ClN4. The summed E-state index contributed by atoms with van der Waals surface area (Å²) in [4.78, 5) is 8.43. The highest BCUT2D eigenvalue weighted by molar-refractivity contribution is 6.30. The molecule has 0 saturated carbocycles. The molecule has 1 heterocycles. The van der Waals surface area contributed by atoms with E-state index in [0.29, 0.717) is 13.1 Å². The molecule has 0 aliphatic rings. The van der Waals surface area contributed by atoms with Crippen LogP contribution in [-0.4, -0.2) is 18.0 Å². The largest absolute Gasteiger partial charge is 0.352 e. The van der Waals surface area contributed by atoms with Crippen molar-refractivity contribution in [3.05, 3.63) is 64.9 Å². The number of pyridine rings is 1. The van der Waals surface area contributed by atoms with E-state index in [-0.39, 0.29) is 0 Å². The fourth-order valence-electron chi connectivity index (χ4n) is 1.73. The average Bonchev–Trinajstić information content (AvgIpc) is 2.48. The van der Waals surface area contributed by atoms with Gasteiger partial charge in [-0.15, -0.1) is 0 Å². The number of guanidine groups is 1. The van der Waals surface area contributed by atoms with Crippen LogP contribution in [0.1, 0.15) is 11.3 Å². The van der Waals surface area contributed by atoms with Crippen molar-refractivity contribution in [1.82, 2.24) is 15.6 Å². The molecule has 5 heteroatoms. The van der Waals surface area contributed by atoms with E-state index < -0.39 is 0 Å². The van der Waals surface area contributed by atoms with Crippen molar-refractivity contribution in [1.29, 1.82) is 0 Å². The van der Waals surface area contributed by atoms with E-state index in [4.69, 9.17) is 11.6 Å². The first-order valence-corrected chi connectivity index (χ1v) is 6.74. The van der Waals surface area contributed by atoms with Gasteiger partial charge in [-0.25, -0.2) is 0 Å². The summed E-state index contributed by atoms with van der Waals surface area (Å²) < 4.78 is 0. The second kappa shape index (κ2) is 7.50. The number of hydrogen-bond acceptors (Lipinski definition) is 2. The Kier molecular flexibility index (Phi) is 5.38. The zero-order valence-electron chi connectivity index (χ0n) is 11.3. The molecule has 0 bridgehead atoms. The fourth-order valence-corrected chi connectivity index (χ4v) is 1.94. The molecule has 0 aliphatic carbocycles. The van der Waals surface area contributed by atoms with Crippen LogP contribution >= 0.6 is 11.6 Å². The molecule has 20 heavy (non-hydrogen) atoms. The van der Waals surface area contributed by atoms with Crippen LogP contribution < -0.4 is 10.6 Å². The number of halogens is 1. The molecule has 2 aromatic rings. The molecule has 2 rings (SSSR count). The normalized spacial score (nSPS) is 11.2. The molecular weight excluding hydrogens is 272 g/mol. The standard InChI is InChI=1S/C15H17ClN4/c1-17-15(20-11-14-7-2-3-8-18-14)19-10-12-5-4-6-13(16)9-12/h2-9H,10-11H2,1H3,(H2,17,19,20). The van der Waals surface area contributed by atoms with Gasteiger partial charge in [0.15, 0.2) is 5.96 Å². The quantitative estimate of drug-likeness (QED) is 0.672. The van der Waals surface area contributed by atoms with E-state index in [1.807, 2.05) is 42.5 Å². The molecule has 0 atom stereocenters. The number of hydrogen-bond donors (Lipinski definition) is 2. The smallest absolute Gasteiger partial charge is 0.191 e. The molecule has 4 nitrogen and oxygen atoms in total. The Morgan fingerprint density at radius 2 is 2.00 bits per heavy atom. The summed E-state index contributed by atoms with van der Waals surface area (Å²) in [5.74, 6) is 0.732. The third-order valence-electron chi connectivity index (χ3n) is 2.74. The number of benzene rings is 1. The summed E-state index contributed by atoms with van der Waals surface area (Å²) >= 11 is 5.95. The maximum Gasteiger partial charge on any atom is 0.191 e. The fraction of sp³-hybridized carbons (Fsp3) is 0.200. The van der Waals surface area contributed by atoms with Crippen LogP contribution in [0, 0.1) is 0 Å². The molecule has 0 radical (unpaired) electrons. The predicted molar refractivity (Wildman–Crippen MR) is 82.7 cm³/mol. The van der Waals surface area contributed by atoms with E-state index in [9.17, 15) is 0 Å². The van der Waals surface area contributed by atoms with Crippen LogP contribution in [-0.2, 0) is 13.1 Å². The Morgan fingerprint density at radius 3 is 2.70 bits per heavy atom. The molecule has 1 aromatic heterocycles. The van der Waals surface area contributed by atoms with E-state index in [1.54, 1.807) is 13.2 Å². The molecule has 0 saturated heterocycles. The number of rotatable bonds is 4. The number of nitrogens with zero attached hydrogens (tertiary/aromatic N) is 2. The van der Waals surface area contributed by atoms with Gasteiger partial charge in [-0.3, -0.25) is 9.98 Å². The van der Waals surface area contributed by atoms with Gasteiger partial charge in [0.25, 0.3) is 0 Å². The van der Waals surface area contributed by atoms with Gasteiger partial charge in [0.1, 0.15) is 0 Å². The lowest BCUT2D eigenvalue weighted by molar-refractivity contribution is 0.794. The van der Waals surface area contributed by atoms with Gasteiger partial charge in [-0.1, -0.05) is 29.8 Å². The third kappa shape index (κ3) is 4.55. The Bertz CT molecular complexity index is 569. The van der Waals surface area contributed by atoms with Crippen LogP contribution in [0.15, 0.2) is 53.7 Å². The third-order valence-corrected chi connectivity index (χ3v) is 2.97. The van der Waals surface area contributed by atoms with Gasteiger partial charge < -0.3 is 10.6 Å². The molecule has 1 aromatic carbocycles. The first-order chi connectivity index (χ1) is 9.78. The number of aliphatic imine (C=N–C) groups is 1. The summed E-state index contributed by atoms with van der Waals surface area (Å²) in [6.07, 6.45) is 1.78. The maximum absolute atomic E-state index is 5.95. The molecule has 0 fully saturated rings. The minimum Gasteiger partial charge on any atom is -0.352 e. The van der Waals surface area contributed by atoms with Crippen molar-refractivity contribution in [2.24, 2.45) is 4.99 Å². The SMILES string of the molecule is CN=C(NCc1cccc(Cl)c1)NCc1ccccn1. The Morgan fingerprint density at radius 1 is 1.15 bits per heavy atom. The van der Waals surface area contributed by atoms with E-state index >= 15 is 0 Å². The highest BCUT2D eigenvalue weighted by Gasteiger charge is 1.99. The number of aromatic nitrogens is 1. The summed E-state index contributed by atoms with van der Waals surface area (Å²) in [6.45, 7) is 1.30. The maximum atomic E-state index is 5.95. The lowest BCUT2D eigenvalue weighted by atomic mass is 10.2. The summed E-state index contributed by atoms with van der Waals surface area (Å²) in [5.41, 5.74) is 2.08. The van der Waals surface area contributed by atoms with Gasteiger partial charge in [0.05, 0.1) is 12.2 Å². The molecule has 0 spiro atoms. The topological polar surface area (TPSA) is 49.3 Å². The summed E-state index contributed by atoms with van der Waals surface area (Å²) in [7, 11) is 1.74. The first kappa shape index (κ1) is 14.3. The first-order valence-electron chi connectivity index (χ1n) is 6.37. The monoisotopic (exact) mass is 288 g/mol. The Balaban J connectivity index is 1.84. The molecule has 0 amide bonds. The minimum absolute atomic E-state index is 0.635. The van der Waals surface area contributed by atoms with Crippen molar-refractivity contribution >= 4 is 17.6 Å². The highest BCUT2D eigenvalue weighted by atomic mass is 35.5. The van der Waals surface area contributed by atoms with Crippen LogP contribution in [0.25, 0.3) is 0 Å². The van der Waals surface area contributed by atoms with Gasteiger partial charge in [-0.2, -0.15) is 0 Å². The zero-order chi connectivity index (χ0) is 14.2. The average molecular weight is 289 g/mol. The zero-order valence-corrected chi connectivity index (χ0v) is 12.1. The van der Waals surface area contributed by atoms with Crippen LogP contribution in [0.5, 0.6) is 0 Å². The van der Waals surface area contributed by atoms with Gasteiger partial charge in [-0.05, 0) is 29.8 Å². The Hall–Kier alpha value is -2.07. The molecule has 104 valence electrons. The van der Waals surface area contributed by atoms with E-state index in [2.05, 4.69) is 20.6 Å². The van der Waals surface area contributed by atoms with Gasteiger partial charge in [0, 0.05) is 24.8 Å². The van der Waals surface area contributed by atoms with Gasteiger partial charge >= 0.3 is 0 Å². The summed E-state index contributed by atoms with van der Waals surface area (Å²) in [5, 5.41) is 7.19. The van der Waals surface area contributed by atoms with E-state index in [1.165, 1.54) is 0 Å². The highest BCUT2D eigenvalue weighted by Crippen LogP contribution is 2.10. The van der Waals surface area contributed by atoms with Crippen molar-refractivity contribution < 1.29 is 0 Å². The minimum atomic E-state index is 0.635. The van der Waals surface area contributed by atoms with E-state index in [0.717, 1.165) is 22.2 Å². The summed E-state index contributed by atoms with van der Waals surface area (Å²) in [6, 6.07) is 13.6. The van der Waals surface area contributed by atoms with Crippen molar-refractivity contribution in [3.8, 4) is 0 Å². The molecule has 0 unspecified atom stereocenters. The second-order valence-electron chi connectivity index (χ2n) is 4.23. The van der Waals surface area contributed by atoms with Crippen LogP contribution in [0.4, 0.5) is 0 Å². The second-order valence-corrected chi connectivity index (χ2v) is 4.67. The van der Waals surface area contributed by atoms with Crippen LogP contribution in [0.2, 0.25) is 5.02 Å². The predicted octanol–water partition coefficient (Wildman–Crippen LogP) is 2.60. The van der Waals surface area contributed by atoms with Crippen molar-refractivity contribution in [3.63, 3.8) is 0 Å². The van der Waals surface area contributed by atoms with Crippen molar-refractivity contribution in [2.45, 2.75) is 13.1 Å². The Labute approximate surface area is 123 Å². The molecule has 2 N–H and O–H groups in total. The number of nitrogens with one attached hydrogen (secondary N) is 2. The lowest BCUT2D eigenvalue weighted by Gasteiger charge is -2.11. The lowest BCUT2D eigenvalue weighted by Crippen LogP contribution is -2.36. The van der Waals surface area contributed by atoms with Crippen LogP contribution in [0.3, 0.4) is 0 Å². The molecule has 0 aliphatic heterocycles. The van der Waals surface area contributed by atoms with Crippen molar-refractivity contribution in [2.75, 3.05) is 7.05 Å². The van der Waals surface area contributed by atoms with Gasteiger partial charge in [0.2, 0.25) is 0 Å².